The smallest absolute Gasteiger partial charge is 0.141 e. The van der Waals surface area contributed by atoms with Gasteiger partial charge in [-0.3, -0.25) is 9.80 Å². The zero-order valence-electron chi connectivity index (χ0n) is 17.9. The molecule has 3 aromatic rings. The fourth-order valence-electron chi connectivity index (χ4n) is 5.14. The lowest BCUT2D eigenvalue weighted by Crippen LogP contribution is -2.49. The Hall–Kier alpha value is -2.37. The number of benzene rings is 2. The molecule has 0 amide bonds. The van der Waals surface area contributed by atoms with E-state index in [0.717, 1.165) is 42.8 Å². The molecule has 1 saturated heterocycles. The van der Waals surface area contributed by atoms with E-state index in [2.05, 4.69) is 51.2 Å². The molecule has 2 fully saturated rings. The van der Waals surface area contributed by atoms with Gasteiger partial charge in [-0.2, -0.15) is 0 Å². The highest BCUT2D eigenvalue weighted by Gasteiger charge is 2.26. The minimum absolute atomic E-state index is 0.643. The number of piperazine rings is 1. The van der Waals surface area contributed by atoms with Crippen LogP contribution >= 0.6 is 0 Å². The van der Waals surface area contributed by atoms with E-state index in [4.69, 9.17) is 9.72 Å². The number of rotatable bonds is 6. The second-order valence-corrected chi connectivity index (χ2v) is 8.60. The Bertz CT molecular complexity index is 984. The highest BCUT2D eigenvalue weighted by atomic mass is 16.5. The molecule has 0 unspecified atom stereocenters. The number of fused-ring (bicyclic) bond motifs is 1. The topological polar surface area (TPSA) is 44.4 Å². The van der Waals surface area contributed by atoms with E-state index < -0.39 is 0 Å². The molecule has 1 aromatic heterocycles. The largest absolute Gasteiger partial charge is 0.493 e. The molecule has 1 aliphatic heterocycles. The van der Waals surface area contributed by atoms with Crippen LogP contribution in [0.2, 0.25) is 0 Å². The van der Waals surface area contributed by atoms with Crippen molar-refractivity contribution in [1.29, 1.82) is 0 Å². The number of imidazole rings is 1. The summed E-state index contributed by atoms with van der Waals surface area (Å²) in [5.41, 5.74) is 2.24. The summed E-state index contributed by atoms with van der Waals surface area (Å²) in [6, 6.07) is 13.5. The maximum absolute atomic E-state index is 5.94. The maximum Gasteiger partial charge on any atom is 0.141 e. The molecule has 2 aliphatic rings. The molecule has 0 radical (unpaired) electrons. The van der Waals surface area contributed by atoms with Crippen LogP contribution in [0.5, 0.6) is 5.75 Å². The van der Waals surface area contributed by atoms with Crippen LogP contribution in [-0.4, -0.2) is 58.6 Å². The van der Waals surface area contributed by atoms with Crippen LogP contribution in [0.4, 0.5) is 0 Å². The first kappa shape index (κ1) is 19.6. The van der Waals surface area contributed by atoms with Crippen LogP contribution < -0.4 is 4.74 Å². The minimum Gasteiger partial charge on any atom is -0.493 e. The van der Waals surface area contributed by atoms with E-state index in [1.165, 1.54) is 55.2 Å². The molecule has 1 saturated carbocycles. The normalized spacial score (nSPS) is 19.0. The SMILES string of the molecule is CCOc1ccc2ccccc2c1-c1ncc(CN2CCN(C3CCCC3)CC2)[nH]1. The third-order valence-corrected chi connectivity index (χ3v) is 6.70. The Balaban J connectivity index is 1.32. The van der Waals surface area contributed by atoms with E-state index in [1.54, 1.807) is 0 Å². The quantitative estimate of drug-likeness (QED) is 0.647. The first-order valence-electron chi connectivity index (χ1n) is 11.5. The molecule has 0 bridgehead atoms. The maximum atomic E-state index is 5.94. The van der Waals surface area contributed by atoms with Crippen LogP contribution in [0.15, 0.2) is 42.6 Å². The average molecular weight is 405 g/mol. The zero-order chi connectivity index (χ0) is 20.3. The van der Waals surface area contributed by atoms with Gasteiger partial charge in [-0.1, -0.05) is 43.2 Å². The second-order valence-electron chi connectivity index (χ2n) is 8.60. The van der Waals surface area contributed by atoms with E-state index >= 15 is 0 Å². The second kappa shape index (κ2) is 8.78. The van der Waals surface area contributed by atoms with Gasteiger partial charge in [-0.05, 0) is 36.6 Å². The molecule has 2 heterocycles. The van der Waals surface area contributed by atoms with Gasteiger partial charge in [0.2, 0.25) is 0 Å². The summed E-state index contributed by atoms with van der Waals surface area (Å²) < 4.78 is 5.94. The standard InChI is InChI=1S/C25H32N4O/c1-2-30-23-12-11-19-7-3-6-10-22(19)24(23)25-26-17-20(27-25)18-28-13-15-29(16-14-28)21-8-4-5-9-21/h3,6-7,10-12,17,21H,2,4-5,8-9,13-16,18H2,1H3,(H,26,27). The Morgan fingerprint density at radius 2 is 1.83 bits per heavy atom. The van der Waals surface area contributed by atoms with E-state index in [0.29, 0.717) is 6.61 Å². The van der Waals surface area contributed by atoms with Crippen LogP contribution in [0.1, 0.15) is 38.3 Å². The number of ether oxygens (including phenoxy) is 1. The van der Waals surface area contributed by atoms with E-state index in [1.807, 2.05) is 13.1 Å². The molecule has 0 atom stereocenters. The number of H-pyrrole nitrogens is 1. The summed E-state index contributed by atoms with van der Waals surface area (Å²) in [6.07, 6.45) is 7.63. The molecule has 0 spiro atoms. The van der Waals surface area contributed by atoms with Gasteiger partial charge in [0.05, 0.1) is 12.2 Å². The molecular weight excluding hydrogens is 372 g/mol. The van der Waals surface area contributed by atoms with Gasteiger partial charge in [0.1, 0.15) is 11.6 Å². The van der Waals surface area contributed by atoms with Crippen LogP contribution in [0, 0.1) is 0 Å². The zero-order valence-corrected chi connectivity index (χ0v) is 17.9. The van der Waals surface area contributed by atoms with Crippen molar-refractivity contribution in [3.8, 4) is 17.1 Å². The Labute approximate surface area is 179 Å². The minimum atomic E-state index is 0.643. The molecule has 5 nitrogen and oxygen atoms in total. The van der Waals surface area contributed by atoms with Gasteiger partial charge in [0.25, 0.3) is 0 Å². The fourth-order valence-corrected chi connectivity index (χ4v) is 5.14. The van der Waals surface area contributed by atoms with Crippen molar-refractivity contribution in [2.24, 2.45) is 0 Å². The lowest BCUT2D eigenvalue weighted by molar-refractivity contribution is 0.0930. The predicted molar refractivity (Wildman–Crippen MR) is 122 cm³/mol. The monoisotopic (exact) mass is 404 g/mol. The molecule has 5 rings (SSSR count). The lowest BCUT2D eigenvalue weighted by atomic mass is 10.0. The number of nitrogens with zero attached hydrogens (tertiary/aromatic N) is 3. The van der Waals surface area contributed by atoms with Crippen molar-refractivity contribution >= 4 is 10.8 Å². The Kier molecular flexibility index (Phi) is 5.73. The summed E-state index contributed by atoms with van der Waals surface area (Å²) in [7, 11) is 0. The van der Waals surface area contributed by atoms with Gasteiger partial charge >= 0.3 is 0 Å². The molecule has 2 aromatic carbocycles. The molecule has 5 heteroatoms. The predicted octanol–water partition coefficient (Wildman–Crippen LogP) is 4.69. The first-order chi connectivity index (χ1) is 14.8. The van der Waals surface area contributed by atoms with Crippen molar-refractivity contribution in [3.63, 3.8) is 0 Å². The highest BCUT2D eigenvalue weighted by Crippen LogP contribution is 2.35. The van der Waals surface area contributed by atoms with Crippen molar-refractivity contribution in [3.05, 3.63) is 48.3 Å². The Morgan fingerprint density at radius 3 is 2.63 bits per heavy atom. The van der Waals surface area contributed by atoms with Gasteiger partial charge in [-0.25, -0.2) is 4.98 Å². The van der Waals surface area contributed by atoms with Crippen LogP contribution in [0.25, 0.3) is 22.2 Å². The number of hydrogen-bond donors (Lipinski definition) is 1. The fraction of sp³-hybridized carbons (Fsp3) is 0.480. The van der Waals surface area contributed by atoms with Crippen molar-refractivity contribution in [2.45, 2.75) is 45.2 Å². The van der Waals surface area contributed by atoms with Gasteiger partial charge in [-0.15, -0.1) is 0 Å². The molecule has 158 valence electrons. The van der Waals surface area contributed by atoms with Crippen molar-refractivity contribution in [1.82, 2.24) is 19.8 Å². The molecular formula is C25H32N4O. The molecule has 1 aliphatic carbocycles. The number of nitrogens with one attached hydrogen (secondary N) is 1. The van der Waals surface area contributed by atoms with E-state index in [9.17, 15) is 0 Å². The first-order valence-corrected chi connectivity index (χ1v) is 11.5. The summed E-state index contributed by atoms with van der Waals surface area (Å²) >= 11 is 0. The summed E-state index contributed by atoms with van der Waals surface area (Å²) in [4.78, 5) is 13.6. The highest BCUT2D eigenvalue weighted by molar-refractivity contribution is 5.98. The average Bonchev–Trinajstić information content (AvgIpc) is 3.47. The van der Waals surface area contributed by atoms with Crippen molar-refractivity contribution < 1.29 is 4.74 Å². The molecule has 30 heavy (non-hydrogen) atoms. The summed E-state index contributed by atoms with van der Waals surface area (Å²) in [6.45, 7) is 8.28. The number of aromatic nitrogens is 2. The summed E-state index contributed by atoms with van der Waals surface area (Å²) in [5, 5.41) is 2.38. The molecule has 1 N–H and O–H groups in total. The number of aromatic amines is 1. The Morgan fingerprint density at radius 1 is 1.03 bits per heavy atom. The van der Waals surface area contributed by atoms with Gasteiger partial charge in [0, 0.05) is 50.7 Å². The third-order valence-electron chi connectivity index (χ3n) is 6.70. The van der Waals surface area contributed by atoms with Crippen LogP contribution in [0.3, 0.4) is 0 Å². The number of hydrogen-bond acceptors (Lipinski definition) is 4. The lowest BCUT2D eigenvalue weighted by Gasteiger charge is -2.37. The van der Waals surface area contributed by atoms with Gasteiger partial charge < -0.3 is 9.72 Å². The van der Waals surface area contributed by atoms with E-state index in [-0.39, 0.29) is 0 Å². The third kappa shape index (κ3) is 3.96. The van der Waals surface area contributed by atoms with Crippen LogP contribution in [-0.2, 0) is 6.54 Å². The van der Waals surface area contributed by atoms with Gasteiger partial charge in [0.15, 0.2) is 0 Å². The summed E-state index contributed by atoms with van der Waals surface area (Å²) in [5.74, 6) is 1.79. The van der Waals surface area contributed by atoms with Crippen molar-refractivity contribution in [2.75, 3.05) is 32.8 Å².